The number of carbonyl (C=O) groups excluding carboxylic acids is 1. The van der Waals surface area contributed by atoms with Gasteiger partial charge in [-0.25, -0.2) is 0 Å². The van der Waals surface area contributed by atoms with Crippen molar-refractivity contribution in [2.75, 3.05) is 40.5 Å². The van der Waals surface area contributed by atoms with Gasteiger partial charge in [0.25, 0.3) is 0 Å². The van der Waals surface area contributed by atoms with Crippen LogP contribution in [0.5, 0.6) is 5.75 Å². The molecule has 35 heavy (non-hydrogen) atoms. The maximum absolute atomic E-state index is 13.1. The molecule has 0 N–H and O–H groups in total. The number of para-hydroxylation sites is 1. The third-order valence-corrected chi connectivity index (χ3v) is 8.03. The largest absolute Gasteiger partial charge is 0.495 e. The fourth-order valence-electron chi connectivity index (χ4n) is 5.88. The summed E-state index contributed by atoms with van der Waals surface area (Å²) in [6.45, 7) is 3.53. The lowest BCUT2D eigenvalue weighted by Gasteiger charge is -2.57. The topological polar surface area (TPSA) is 42.0 Å². The first-order valence-electron chi connectivity index (χ1n) is 13.0. The Morgan fingerprint density at radius 1 is 0.971 bits per heavy atom. The fourth-order valence-corrected chi connectivity index (χ4v) is 5.88. The monoisotopic (exact) mass is 472 g/mol. The zero-order valence-corrected chi connectivity index (χ0v) is 20.9. The first-order valence-corrected chi connectivity index (χ1v) is 13.0. The van der Waals surface area contributed by atoms with Crippen LogP contribution in [0.2, 0.25) is 0 Å². The number of nitrogens with zero attached hydrogens (tertiary/aromatic N) is 2. The number of ether oxygens (including phenoxy) is 2. The van der Waals surface area contributed by atoms with Crippen molar-refractivity contribution in [2.24, 2.45) is 5.92 Å². The van der Waals surface area contributed by atoms with Crippen molar-refractivity contribution in [3.63, 3.8) is 0 Å². The lowest BCUT2D eigenvalue weighted by Crippen LogP contribution is -2.68. The molecular formula is C30H36N2O3. The summed E-state index contributed by atoms with van der Waals surface area (Å²) in [5.74, 6) is 8.31. The molecule has 5 rings (SSSR count). The molecule has 2 aliphatic heterocycles. The number of rotatable bonds is 5. The molecule has 1 amide bonds. The lowest BCUT2D eigenvalue weighted by atomic mass is 9.74. The smallest absolute Gasteiger partial charge is 0.225 e. The molecule has 0 aromatic heterocycles. The molecule has 184 valence electrons. The predicted octanol–water partition coefficient (Wildman–Crippen LogP) is 4.30. The summed E-state index contributed by atoms with van der Waals surface area (Å²) in [6, 6.07) is 17.2. The number of hydrogen-bond donors (Lipinski definition) is 0. The van der Waals surface area contributed by atoms with E-state index in [9.17, 15) is 4.79 Å². The molecule has 2 aromatic carbocycles. The number of benzene rings is 2. The molecule has 5 nitrogen and oxygen atoms in total. The fraction of sp³-hybridized carbons (Fsp3) is 0.500. The van der Waals surface area contributed by atoms with E-state index < -0.39 is 0 Å². The third-order valence-electron chi connectivity index (χ3n) is 8.03. The van der Waals surface area contributed by atoms with Crippen LogP contribution >= 0.6 is 0 Å². The van der Waals surface area contributed by atoms with E-state index in [4.69, 9.17) is 9.47 Å². The first-order chi connectivity index (χ1) is 17.2. The van der Waals surface area contributed by atoms with E-state index in [1.807, 2.05) is 24.3 Å². The van der Waals surface area contributed by atoms with Crippen LogP contribution in [0.25, 0.3) is 0 Å². The van der Waals surface area contributed by atoms with Crippen molar-refractivity contribution < 1.29 is 14.3 Å². The summed E-state index contributed by atoms with van der Waals surface area (Å²) in [5, 5.41) is 0. The van der Waals surface area contributed by atoms with Gasteiger partial charge in [-0.3, -0.25) is 9.69 Å². The Morgan fingerprint density at radius 3 is 2.46 bits per heavy atom. The quantitative estimate of drug-likeness (QED) is 0.609. The highest BCUT2D eigenvalue weighted by Crippen LogP contribution is 2.42. The van der Waals surface area contributed by atoms with Crippen molar-refractivity contribution in [2.45, 2.75) is 50.1 Å². The summed E-state index contributed by atoms with van der Waals surface area (Å²) in [7, 11) is 3.46. The van der Waals surface area contributed by atoms with Gasteiger partial charge in [0.15, 0.2) is 0 Å². The van der Waals surface area contributed by atoms with Gasteiger partial charge in [0, 0.05) is 49.7 Å². The Balaban J connectivity index is 1.35. The third kappa shape index (κ3) is 4.96. The maximum atomic E-state index is 13.1. The SMILES string of the molecule is COC[C@H]1[C@@H](c2ccc(C#Cc3ccccc3OC)cc2)[C@H]2CN(C(=O)C3CCC3)CCCCN21. The van der Waals surface area contributed by atoms with Crippen LogP contribution in [0.1, 0.15) is 54.7 Å². The molecule has 0 spiro atoms. The maximum Gasteiger partial charge on any atom is 0.225 e. The highest BCUT2D eigenvalue weighted by molar-refractivity contribution is 5.79. The van der Waals surface area contributed by atoms with E-state index in [2.05, 4.69) is 45.9 Å². The molecule has 2 heterocycles. The number of hydrogen-bond acceptors (Lipinski definition) is 4. The van der Waals surface area contributed by atoms with Crippen molar-refractivity contribution in [3.8, 4) is 17.6 Å². The molecule has 0 unspecified atom stereocenters. The van der Waals surface area contributed by atoms with Crippen molar-refractivity contribution in [3.05, 3.63) is 65.2 Å². The van der Waals surface area contributed by atoms with Gasteiger partial charge in [0.05, 0.1) is 19.3 Å². The average Bonchev–Trinajstić information content (AvgIpc) is 2.83. The van der Waals surface area contributed by atoms with Gasteiger partial charge in [-0.1, -0.05) is 42.5 Å². The van der Waals surface area contributed by atoms with Gasteiger partial charge in [-0.05, 0) is 62.1 Å². The Bertz CT molecular complexity index is 1080. The average molecular weight is 473 g/mol. The van der Waals surface area contributed by atoms with Gasteiger partial charge in [0.1, 0.15) is 5.75 Å². The highest BCUT2D eigenvalue weighted by Gasteiger charge is 2.50. The van der Waals surface area contributed by atoms with E-state index >= 15 is 0 Å². The molecule has 5 heteroatoms. The second-order valence-electron chi connectivity index (χ2n) is 10.0. The molecule has 3 fully saturated rings. The molecule has 3 aliphatic rings. The zero-order chi connectivity index (χ0) is 24.2. The van der Waals surface area contributed by atoms with Crippen molar-refractivity contribution >= 4 is 5.91 Å². The molecule has 2 aromatic rings. The summed E-state index contributed by atoms with van der Waals surface area (Å²) in [6.07, 6.45) is 5.55. The van der Waals surface area contributed by atoms with Crippen LogP contribution in [0.3, 0.4) is 0 Å². The van der Waals surface area contributed by atoms with Crippen molar-refractivity contribution in [1.29, 1.82) is 0 Å². The van der Waals surface area contributed by atoms with Gasteiger partial charge < -0.3 is 14.4 Å². The number of methoxy groups -OCH3 is 2. The van der Waals surface area contributed by atoms with Crippen LogP contribution in [0.15, 0.2) is 48.5 Å². The van der Waals surface area contributed by atoms with Gasteiger partial charge in [0.2, 0.25) is 5.91 Å². The normalized spacial score (nSPS) is 24.6. The summed E-state index contributed by atoms with van der Waals surface area (Å²) in [4.78, 5) is 17.9. The summed E-state index contributed by atoms with van der Waals surface area (Å²) < 4.78 is 11.0. The first kappa shape index (κ1) is 23.9. The van der Waals surface area contributed by atoms with E-state index in [1.54, 1.807) is 14.2 Å². The van der Waals surface area contributed by atoms with Gasteiger partial charge in [-0.15, -0.1) is 0 Å². The number of amides is 1. The highest BCUT2D eigenvalue weighted by atomic mass is 16.5. The Kier molecular flexibility index (Phi) is 7.41. The summed E-state index contributed by atoms with van der Waals surface area (Å²) >= 11 is 0. The number of fused-ring (bicyclic) bond motifs is 1. The zero-order valence-electron chi connectivity index (χ0n) is 20.9. The molecule has 1 saturated carbocycles. The van der Waals surface area contributed by atoms with Gasteiger partial charge >= 0.3 is 0 Å². The van der Waals surface area contributed by atoms with Crippen LogP contribution in [0.4, 0.5) is 0 Å². The predicted molar refractivity (Wildman–Crippen MR) is 137 cm³/mol. The second kappa shape index (κ2) is 10.8. The van der Waals surface area contributed by atoms with E-state index in [1.165, 1.54) is 12.0 Å². The standard InChI is InChI=1S/C30H36N2O3/c1-34-21-27-29(26-20-31(18-5-6-19-32(26)27)30(33)25-9-7-10-25)24-16-13-22(14-17-24)12-15-23-8-3-4-11-28(23)35-2/h3-4,8,11,13-14,16-17,25-27,29H,5-7,9-10,18-21H2,1-2H3/t26-,27+,29+/m1/s1. The van der Waals surface area contributed by atoms with Crippen LogP contribution in [-0.4, -0.2) is 68.3 Å². The van der Waals surface area contributed by atoms with E-state index in [-0.39, 0.29) is 5.92 Å². The van der Waals surface area contributed by atoms with E-state index in [0.717, 1.165) is 62.2 Å². The van der Waals surface area contributed by atoms with Crippen LogP contribution in [-0.2, 0) is 9.53 Å². The summed E-state index contributed by atoms with van der Waals surface area (Å²) in [5.41, 5.74) is 3.19. The second-order valence-corrected chi connectivity index (χ2v) is 10.0. The lowest BCUT2D eigenvalue weighted by molar-refractivity contribution is -0.143. The minimum absolute atomic E-state index is 0.261. The molecule has 0 radical (unpaired) electrons. The molecule has 2 saturated heterocycles. The Hall–Kier alpha value is -2.81. The Labute approximate surface area is 209 Å². The van der Waals surface area contributed by atoms with Crippen LogP contribution in [0, 0.1) is 17.8 Å². The van der Waals surface area contributed by atoms with Crippen LogP contribution < -0.4 is 4.74 Å². The van der Waals surface area contributed by atoms with Gasteiger partial charge in [-0.2, -0.15) is 0 Å². The van der Waals surface area contributed by atoms with E-state index in [0.29, 0.717) is 30.5 Å². The minimum Gasteiger partial charge on any atom is -0.495 e. The Morgan fingerprint density at radius 2 is 1.74 bits per heavy atom. The molecular weight excluding hydrogens is 436 g/mol. The molecule has 1 aliphatic carbocycles. The molecule has 3 atom stereocenters. The number of carbonyl (C=O) groups is 1. The van der Waals surface area contributed by atoms with Crippen molar-refractivity contribution in [1.82, 2.24) is 9.80 Å². The minimum atomic E-state index is 0.261. The molecule has 0 bridgehead atoms.